The first-order valence-electron chi connectivity index (χ1n) is 28.6. The van der Waals surface area contributed by atoms with Gasteiger partial charge in [-0.1, -0.05) is 197 Å². The number of ether oxygens (including phenoxy) is 4. The van der Waals surface area contributed by atoms with Crippen molar-refractivity contribution in [3.05, 3.63) is 216 Å². The Bertz CT molecular complexity index is 3490. The minimum atomic E-state index is -4.18. The van der Waals surface area contributed by atoms with E-state index in [2.05, 4.69) is 5.32 Å². The normalized spacial score (nSPS) is 16.4. The van der Waals surface area contributed by atoms with Crippen molar-refractivity contribution in [2.75, 3.05) is 26.3 Å². The molecule has 0 aliphatic carbocycles. The number of carbonyl (C=O) groups is 4. The SMILES string of the molecule is CC.NN(C(=O)C1CCCCN1S(=O)(=O)c1ccc(-c2ccccc2)cc1)[C@@H](COCc1ccccc1)C(=O)OCc1ccc(COC(=O)C(COCc2ccccc2)NC(=O)C2CCCCN2S(=O)(=O)c2ccc(-c3ccccc3)cc2)cc1. The number of rotatable bonds is 24. The fraction of sp³-hybridized carbons (Fsp3) is 0.303. The Kier molecular flexibility index (Phi) is 22.9. The molecule has 85 heavy (non-hydrogen) atoms. The van der Waals surface area contributed by atoms with Crippen LogP contribution in [0.25, 0.3) is 22.3 Å². The summed E-state index contributed by atoms with van der Waals surface area (Å²) in [6, 6.07) is 52.2. The van der Waals surface area contributed by atoms with Crippen molar-refractivity contribution >= 4 is 43.8 Å². The largest absolute Gasteiger partial charge is 0.459 e. The maximum atomic E-state index is 14.4. The fourth-order valence-corrected chi connectivity index (χ4v) is 13.4. The van der Waals surface area contributed by atoms with E-state index in [1.54, 1.807) is 48.5 Å². The molecule has 4 atom stereocenters. The van der Waals surface area contributed by atoms with Crippen molar-refractivity contribution < 1.29 is 55.0 Å². The summed E-state index contributed by atoms with van der Waals surface area (Å²) in [6.07, 6.45) is 2.65. The predicted molar refractivity (Wildman–Crippen MR) is 323 cm³/mol. The quantitative estimate of drug-likeness (QED) is 0.0249. The van der Waals surface area contributed by atoms with Gasteiger partial charge in [0.15, 0.2) is 12.1 Å². The number of hydrogen-bond acceptors (Lipinski definition) is 13. The minimum Gasteiger partial charge on any atom is -0.459 e. The van der Waals surface area contributed by atoms with Crippen molar-refractivity contribution in [3.63, 3.8) is 0 Å². The smallest absolute Gasteiger partial charge is 0.333 e. The predicted octanol–water partition coefficient (Wildman–Crippen LogP) is 9.61. The Morgan fingerprint density at radius 3 is 1.32 bits per heavy atom. The van der Waals surface area contributed by atoms with Crippen molar-refractivity contribution in [1.82, 2.24) is 18.9 Å². The van der Waals surface area contributed by atoms with E-state index >= 15 is 0 Å². The van der Waals surface area contributed by atoms with Gasteiger partial charge in [0.05, 0.1) is 36.2 Å². The summed E-state index contributed by atoms with van der Waals surface area (Å²) in [5.41, 5.74) is 6.26. The second-order valence-corrected chi connectivity index (χ2v) is 24.2. The first-order chi connectivity index (χ1) is 41.3. The van der Waals surface area contributed by atoms with E-state index < -0.39 is 68.0 Å². The summed E-state index contributed by atoms with van der Waals surface area (Å²) in [6.45, 7) is 3.31. The Hall–Kier alpha value is -7.88. The lowest BCUT2D eigenvalue weighted by atomic mass is 10.0. The molecule has 19 heteroatoms. The molecule has 7 aromatic rings. The highest BCUT2D eigenvalue weighted by atomic mass is 32.2. The molecule has 0 saturated carbocycles. The number of sulfonamides is 2. The number of nitrogens with two attached hydrogens (primary N) is 1. The molecule has 2 aliphatic heterocycles. The van der Waals surface area contributed by atoms with Crippen molar-refractivity contribution in [2.45, 2.75) is 113 Å². The average molecular weight is 1190 g/mol. The molecule has 2 heterocycles. The summed E-state index contributed by atoms with van der Waals surface area (Å²) < 4.78 is 82.5. The van der Waals surface area contributed by atoms with Gasteiger partial charge in [-0.2, -0.15) is 8.61 Å². The van der Waals surface area contributed by atoms with Crippen LogP contribution >= 0.6 is 0 Å². The topological polar surface area (TPSA) is 221 Å². The molecule has 2 fully saturated rings. The zero-order valence-corrected chi connectivity index (χ0v) is 49.5. The third kappa shape index (κ3) is 16.7. The lowest BCUT2D eigenvalue weighted by Gasteiger charge is -2.37. The maximum absolute atomic E-state index is 14.4. The van der Waals surface area contributed by atoms with Crippen molar-refractivity contribution in [1.29, 1.82) is 0 Å². The number of carbonyl (C=O) groups excluding carboxylic acids is 4. The molecule has 0 bridgehead atoms. The van der Waals surface area contributed by atoms with Gasteiger partial charge >= 0.3 is 11.9 Å². The Labute approximate surface area is 498 Å². The Morgan fingerprint density at radius 2 is 0.859 bits per heavy atom. The number of benzene rings is 7. The van der Waals surface area contributed by atoms with Gasteiger partial charge in [-0.05, 0) is 94.5 Å². The third-order valence-corrected chi connectivity index (χ3v) is 18.5. The number of piperidine rings is 2. The zero-order chi connectivity index (χ0) is 60.2. The number of hydrazine groups is 1. The lowest BCUT2D eigenvalue weighted by Crippen LogP contribution is -2.60. The van der Waals surface area contributed by atoms with Gasteiger partial charge in [-0.3, -0.25) is 14.6 Å². The van der Waals surface area contributed by atoms with Crippen molar-refractivity contribution in [2.24, 2.45) is 5.84 Å². The van der Waals surface area contributed by atoms with E-state index in [-0.39, 0.29) is 75.4 Å². The van der Waals surface area contributed by atoms with Gasteiger partial charge in [-0.15, -0.1) is 0 Å². The van der Waals surface area contributed by atoms with Crippen LogP contribution in [0.15, 0.2) is 204 Å². The number of nitrogens with zero attached hydrogens (tertiary/aromatic N) is 3. The van der Waals surface area contributed by atoms with Crippen LogP contribution in [0.4, 0.5) is 0 Å². The van der Waals surface area contributed by atoms with Gasteiger partial charge in [0.25, 0.3) is 5.91 Å². The molecular weight excluding hydrogens is 1120 g/mol. The molecule has 2 amide bonds. The van der Waals surface area contributed by atoms with Gasteiger partial charge in [0.2, 0.25) is 26.0 Å². The minimum absolute atomic E-state index is 0.0182. The van der Waals surface area contributed by atoms with Crippen LogP contribution in [0.1, 0.15) is 74.6 Å². The molecule has 2 aliphatic rings. The van der Waals surface area contributed by atoms with Crippen LogP contribution < -0.4 is 11.2 Å². The first kappa shape index (κ1) is 63.1. The van der Waals surface area contributed by atoms with E-state index in [0.29, 0.717) is 36.8 Å². The van der Waals surface area contributed by atoms with Gasteiger partial charge in [0, 0.05) is 13.1 Å². The molecule has 3 N–H and O–H groups in total. The van der Waals surface area contributed by atoms with E-state index in [9.17, 15) is 36.0 Å². The fourth-order valence-electron chi connectivity index (χ4n) is 10.1. The van der Waals surface area contributed by atoms with Crippen LogP contribution in [-0.4, -0.2) is 105 Å². The number of hydrogen-bond donors (Lipinski definition) is 2. The third-order valence-electron chi connectivity index (χ3n) is 14.7. The molecule has 0 spiro atoms. The summed E-state index contributed by atoms with van der Waals surface area (Å²) in [4.78, 5) is 56.5. The highest BCUT2D eigenvalue weighted by Gasteiger charge is 2.43. The highest BCUT2D eigenvalue weighted by molar-refractivity contribution is 7.89. The lowest BCUT2D eigenvalue weighted by molar-refractivity contribution is -0.161. The summed E-state index contributed by atoms with van der Waals surface area (Å²) in [5.74, 6) is 3.40. The molecule has 0 aromatic heterocycles. The second kappa shape index (κ2) is 30.8. The van der Waals surface area contributed by atoms with E-state index in [4.69, 9.17) is 24.8 Å². The highest BCUT2D eigenvalue weighted by Crippen LogP contribution is 2.31. The summed E-state index contributed by atoms with van der Waals surface area (Å²) in [5, 5.41) is 3.48. The van der Waals surface area contributed by atoms with Crippen LogP contribution in [0.5, 0.6) is 0 Å². The number of esters is 2. The molecule has 3 unspecified atom stereocenters. The second-order valence-electron chi connectivity index (χ2n) is 20.4. The molecule has 17 nitrogen and oxygen atoms in total. The first-order valence-corrected chi connectivity index (χ1v) is 31.5. The summed E-state index contributed by atoms with van der Waals surface area (Å²) >= 11 is 0. The molecule has 446 valence electrons. The monoisotopic (exact) mass is 1190 g/mol. The number of nitrogens with one attached hydrogen (secondary N) is 1. The zero-order valence-electron chi connectivity index (χ0n) is 47.8. The standard InChI is InChI=1S/C64H67N5O12S2.C2H6/c65-69(62(71)59-26-14-16-40-68(59)83(76,77)56-37-33-54(34-38-56)52-23-11-4-12-24-52)60(46-79-42-48-19-7-2-8-20-48)64(73)81-44-50-29-27-49(28-30-50)43-80-63(72)57(45-78-41-47-17-5-1-6-18-47)66-61(70)58-25-13-15-39-67(58)82(74,75)55-35-31-53(32-36-55)51-21-9-3-10-22-51;1-2/h1-12,17-24,27-38,57-60H,13-16,25-26,39-46,65H2,(H,66,70);1-2H3/t57?,58?,59?,60-;/m0./s1. The van der Waals surface area contributed by atoms with E-state index in [1.165, 1.54) is 28.6 Å². The molecular formula is C66H73N5O12S2. The Balaban J connectivity index is 0.00000465. The average Bonchev–Trinajstić information content (AvgIpc) is 2.34. The maximum Gasteiger partial charge on any atom is 0.333 e. The molecule has 7 aromatic carbocycles. The van der Waals surface area contributed by atoms with Crippen LogP contribution in [-0.2, 0) is 84.6 Å². The Morgan fingerprint density at radius 1 is 0.482 bits per heavy atom. The van der Waals surface area contributed by atoms with Crippen LogP contribution in [0.2, 0.25) is 0 Å². The van der Waals surface area contributed by atoms with Crippen molar-refractivity contribution in [3.8, 4) is 22.3 Å². The number of amides is 2. The summed E-state index contributed by atoms with van der Waals surface area (Å²) in [7, 11) is -8.31. The molecule has 9 rings (SSSR count). The van der Waals surface area contributed by atoms with Gasteiger partial charge in [0.1, 0.15) is 25.3 Å². The van der Waals surface area contributed by atoms with Crippen LogP contribution in [0.3, 0.4) is 0 Å². The molecule has 2 saturated heterocycles. The van der Waals surface area contributed by atoms with Gasteiger partial charge < -0.3 is 24.3 Å². The molecule has 0 radical (unpaired) electrons. The van der Waals surface area contributed by atoms with Crippen LogP contribution in [0, 0.1) is 0 Å². The van der Waals surface area contributed by atoms with E-state index in [1.807, 2.05) is 135 Å². The van der Waals surface area contributed by atoms with Gasteiger partial charge in [-0.25, -0.2) is 32.3 Å². The van der Waals surface area contributed by atoms with E-state index in [0.717, 1.165) is 42.7 Å².